The SMILES string of the molecule is CC(C)c1ccc(C(C)C)n1C.Cc1c(-c2ccccc2)ccc2ccccc12.Cc1c(C(C)(C)C)ccc2ccccc12.Cc1c(Cl)ccc2ccccc12.Cc1cc(C)n(C)c1C.Cc1ccc(C)n1C.Cn1c(-c2ccccc2)cc(-c2ccccc2)c1-c1ccccc1.Cn1c(-c2ccccc2)ccc1-c1ccccc1.Cn1c(C(C)(C)C)ccc1C(C)(C)C. The van der Waals surface area contributed by atoms with E-state index in [9.17, 15) is 0 Å². The third-order valence-corrected chi connectivity index (χ3v) is 25.2. The first-order valence-corrected chi connectivity index (χ1v) is 46.0. The fourth-order valence-electron chi connectivity index (χ4n) is 17.1. The van der Waals surface area contributed by atoms with Gasteiger partial charge < -0.3 is 27.4 Å². The van der Waals surface area contributed by atoms with Crippen LogP contribution in [-0.2, 0) is 58.5 Å². The summed E-state index contributed by atoms with van der Waals surface area (Å²) in [6.07, 6.45) is 0. The van der Waals surface area contributed by atoms with Crippen molar-refractivity contribution in [2.75, 3.05) is 0 Å². The fraction of sp³-hybridized carbons (Fsp3) is 0.262. The molecule has 0 aliphatic carbocycles. The summed E-state index contributed by atoms with van der Waals surface area (Å²) < 4.78 is 13.6. The molecule has 12 aromatic carbocycles. The van der Waals surface area contributed by atoms with Crippen molar-refractivity contribution in [1.29, 1.82) is 0 Å². The van der Waals surface area contributed by atoms with Gasteiger partial charge in [0, 0.05) is 126 Å². The monoisotopic (exact) mass is 1730 g/mol. The Bertz CT molecular complexity index is 6400. The zero-order valence-corrected chi connectivity index (χ0v) is 83.0. The number of rotatable bonds is 8. The smallest absolute Gasteiger partial charge is 0.0562 e. The van der Waals surface area contributed by atoms with Gasteiger partial charge in [-0.05, 0) is 238 Å². The normalized spacial score (nSPS) is 11.1. The van der Waals surface area contributed by atoms with Gasteiger partial charge >= 0.3 is 0 Å². The number of aromatic nitrogens is 6. The van der Waals surface area contributed by atoms with Crippen LogP contribution >= 0.6 is 11.6 Å². The third-order valence-electron chi connectivity index (χ3n) is 24.8. The van der Waals surface area contributed by atoms with E-state index >= 15 is 0 Å². The molecule has 0 aliphatic heterocycles. The number of halogens is 1. The van der Waals surface area contributed by atoms with E-state index in [0.717, 1.165) is 10.6 Å². The Labute approximate surface area is 779 Å². The Morgan fingerprint density at radius 2 is 0.597 bits per heavy atom. The number of hydrogen-bond acceptors (Lipinski definition) is 0. The van der Waals surface area contributed by atoms with Crippen molar-refractivity contribution < 1.29 is 0 Å². The highest BCUT2D eigenvalue weighted by atomic mass is 35.5. The van der Waals surface area contributed by atoms with Gasteiger partial charge in [-0.3, -0.25) is 0 Å². The molecular formula is C122H141ClN6. The highest BCUT2D eigenvalue weighted by molar-refractivity contribution is 6.32. The Morgan fingerprint density at radius 3 is 0.938 bits per heavy atom. The lowest BCUT2D eigenvalue weighted by molar-refractivity contribution is 0.497. The molecule has 0 aliphatic rings. The maximum absolute atomic E-state index is 5.99. The topological polar surface area (TPSA) is 29.6 Å². The average Bonchev–Trinajstić information content (AvgIpc) is 1.51. The first-order valence-electron chi connectivity index (χ1n) is 45.7. The quantitative estimate of drug-likeness (QED) is 0.145. The van der Waals surface area contributed by atoms with Crippen molar-refractivity contribution in [1.82, 2.24) is 27.4 Å². The highest BCUT2D eigenvalue weighted by Gasteiger charge is 2.25. The number of benzene rings is 12. The van der Waals surface area contributed by atoms with E-state index in [4.69, 9.17) is 11.6 Å². The maximum atomic E-state index is 5.99. The third kappa shape index (κ3) is 25.5. The van der Waals surface area contributed by atoms with Crippen molar-refractivity contribution >= 4 is 43.9 Å². The Hall–Kier alpha value is -12.6. The molecular weight excluding hydrogens is 1580 g/mol. The molecule has 0 radical (unpaired) electrons. The second-order valence-electron chi connectivity index (χ2n) is 37.8. The number of fused-ring (bicyclic) bond motifs is 3. The van der Waals surface area contributed by atoms with Gasteiger partial charge in [0.05, 0.1) is 5.69 Å². The van der Waals surface area contributed by atoms with Crippen molar-refractivity contribution in [2.45, 2.75) is 173 Å². The van der Waals surface area contributed by atoms with E-state index in [1.807, 2.05) is 43.3 Å². The largest absolute Gasteiger partial charge is 0.352 e. The van der Waals surface area contributed by atoms with Crippen molar-refractivity contribution in [2.24, 2.45) is 42.3 Å². The molecule has 129 heavy (non-hydrogen) atoms. The van der Waals surface area contributed by atoms with Crippen molar-refractivity contribution in [3.63, 3.8) is 0 Å². The van der Waals surface area contributed by atoms with Crippen LogP contribution in [0.1, 0.15) is 175 Å². The van der Waals surface area contributed by atoms with E-state index < -0.39 is 0 Å². The second-order valence-corrected chi connectivity index (χ2v) is 38.2. The molecule has 18 aromatic rings. The van der Waals surface area contributed by atoms with Gasteiger partial charge in [-0.25, -0.2) is 0 Å². The van der Waals surface area contributed by atoms with Crippen LogP contribution in [0.25, 0.3) is 99.6 Å². The summed E-state index contributed by atoms with van der Waals surface area (Å²) in [6, 6.07) is 124. The van der Waals surface area contributed by atoms with Crippen LogP contribution in [0.4, 0.5) is 0 Å². The number of nitrogens with zero attached hydrogens (tertiary/aromatic N) is 6. The van der Waals surface area contributed by atoms with E-state index in [-0.39, 0.29) is 16.2 Å². The molecule has 0 N–H and O–H groups in total. The molecule has 6 aromatic heterocycles. The predicted octanol–water partition coefficient (Wildman–Crippen LogP) is 33.9. The first kappa shape index (κ1) is 98.6. The summed E-state index contributed by atoms with van der Waals surface area (Å²) in [5.74, 6) is 1.25. The summed E-state index contributed by atoms with van der Waals surface area (Å²) in [6.45, 7) is 46.4. The standard InChI is InChI=1S/C23H19N.C17H15N.C17H14.C15H18.C13H23N.C11H9Cl.C11H19N.C8H13N.C7H11N/c1-24-22(19-13-7-3-8-14-19)17-21(18-11-5-2-6-12-18)23(24)20-15-9-4-10-16-20;1-18-16(14-8-4-2-5-9-14)12-13-17(18)15-10-6-3-7-11-15;1-13-16-10-6-5-9-15(16)11-12-17(13)14-7-3-2-4-8-14;1-11-13-8-6-5-7-12(13)9-10-14(11)15(2,3)4;1-12(2,3)10-8-9-11(14(10)7)13(4,5)6;1-8-10-5-3-2-4-9(10)6-7-11(8)12;1-8(2)10-6-7-11(9(3)4)12(10)5;1-6-5-7(2)9(4)8(6)3;1-6-4-5-7(2)8(6)3/h2-17H,1H3;2-13H,1H3;2-12H,1H3;5-10H,1-4H3;8-9H,1-7H3;2-7H,1H3;6-9H,1-5H3;5H,1-4H3;4-5H,1-3H3. The van der Waals surface area contributed by atoms with E-state index in [2.05, 4.69) is 524 Å². The van der Waals surface area contributed by atoms with E-state index in [1.165, 1.54) is 167 Å². The zero-order valence-electron chi connectivity index (χ0n) is 82.2. The molecule has 7 heteroatoms. The van der Waals surface area contributed by atoms with Gasteiger partial charge in [0.25, 0.3) is 0 Å². The predicted molar refractivity (Wildman–Crippen MR) is 564 cm³/mol. The summed E-state index contributed by atoms with van der Waals surface area (Å²) in [5, 5.41) is 8.70. The molecule has 0 saturated carbocycles. The molecule has 0 fully saturated rings. The number of aryl methyl sites for hydroxylation is 7. The van der Waals surface area contributed by atoms with Crippen molar-refractivity contribution in [3.05, 3.63) is 430 Å². The minimum Gasteiger partial charge on any atom is -0.352 e. The first-order chi connectivity index (χ1) is 61.4. The van der Waals surface area contributed by atoms with Gasteiger partial charge in [0.1, 0.15) is 0 Å². The van der Waals surface area contributed by atoms with Crippen LogP contribution < -0.4 is 0 Å². The summed E-state index contributed by atoms with van der Waals surface area (Å²) in [5.41, 5.74) is 33.6. The lowest BCUT2D eigenvalue weighted by Crippen LogP contribution is -2.21. The van der Waals surface area contributed by atoms with Gasteiger partial charge in [-0.1, -0.05) is 387 Å². The zero-order chi connectivity index (χ0) is 93.6. The Morgan fingerprint density at radius 1 is 0.248 bits per heavy atom. The minimum absolute atomic E-state index is 0.230. The maximum Gasteiger partial charge on any atom is 0.0562 e. The molecule has 18 rings (SSSR count). The molecule has 0 atom stereocenters. The van der Waals surface area contributed by atoms with Crippen LogP contribution in [0.15, 0.2) is 352 Å². The minimum atomic E-state index is 0.230. The summed E-state index contributed by atoms with van der Waals surface area (Å²) >= 11 is 5.99. The van der Waals surface area contributed by atoms with Crippen LogP contribution in [-0.4, -0.2) is 27.4 Å². The molecule has 666 valence electrons. The van der Waals surface area contributed by atoms with Gasteiger partial charge in [-0.15, -0.1) is 0 Å². The molecule has 0 bridgehead atoms. The molecule has 0 spiro atoms. The van der Waals surface area contributed by atoms with Crippen LogP contribution in [0.3, 0.4) is 0 Å². The molecule has 0 unspecified atom stereocenters. The summed E-state index contributed by atoms with van der Waals surface area (Å²) in [7, 11) is 12.8. The molecule has 6 heterocycles. The van der Waals surface area contributed by atoms with E-state index in [0.29, 0.717) is 11.8 Å². The lowest BCUT2D eigenvalue weighted by atomic mass is 9.82. The fourth-order valence-corrected chi connectivity index (χ4v) is 17.3. The average molecular weight is 1730 g/mol. The Kier molecular flexibility index (Phi) is 34.3. The lowest BCUT2D eigenvalue weighted by Gasteiger charge is -2.25. The van der Waals surface area contributed by atoms with Crippen molar-refractivity contribution in [3.8, 4) is 67.3 Å². The molecule has 6 nitrogen and oxygen atoms in total. The van der Waals surface area contributed by atoms with Crippen LogP contribution in [0.2, 0.25) is 5.02 Å². The number of hydrogen-bond donors (Lipinski definition) is 0. The summed E-state index contributed by atoms with van der Waals surface area (Å²) in [4.78, 5) is 0. The second kappa shape index (κ2) is 44.9. The van der Waals surface area contributed by atoms with Gasteiger partial charge in [0.2, 0.25) is 0 Å². The van der Waals surface area contributed by atoms with Crippen LogP contribution in [0.5, 0.6) is 0 Å². The highest BCUT2D eigenvalue weighted by Crippen LogP contribution is 2.40. The molecule has 0 saturated heterocycles. The molecule has 0 amide bonds. The van der Waals surface area contributed by atoms with Gasteiger partial charge in [-0.2, -0.15) is 0 Å². The van der Waals surface area contributed by atoms with Gasteiger partial charge in [0.15, 0.2) is 0 Å². The van der Waals surface area contributed by atoms with Crippen LogP contribution in [0, 0.1) is 55.4 Å². The Balaban J connectivity index is 0.000000154. The van der Waals surface area contributed by atoms with E-state index in [1.54, 1.807) is 0 Å².